The number of rotatable bonds is 3. The minimum Gasteiger partial charge on any atom is -0.478 e. The molecule has 3 N–H and O–H groups in total. The van der Waals surface area contributed by atoms with E-state index in [1.165, 1.54) is 12.1 Å². The zero-order valence-electron chi connectivity index (χ0n) is 9.78. The number of benzene rings is 1. The number of hydrogen-bond donors (Lipinski definition) is 3. The van der Waals surface area contributed by atoms with Gasteiger partial charge in [0.25, 0.3) is 5.56 Å². The van der Waals surface area contributed by atoms with Crippen LogP contribution in [0.25, 0.3) is 17.3 Å². The van der Waals surface area contributed by atoms with Gasteiger partial charge in [-0.25, -0.2) is 4.79 Å². The number of carboxylic acid groups (broad SMARTS) is 1. The van der Waals surface area contributed by atoms with Crippen molar-refractivity contribution in [1.29, 1.82) is 0 Å². The summed E-state index contributed by atoms with van der Waals surface area (Å²) in [5.41, 5.74) is 1.89. The number of H-pyrrole nitrogens is 2. The van der Waals surface area contributed by atoms with Crippen molar-refractivity contribution in [3.05, 3.63) is 51.8 Å². The lowest BCUT2D eigenvalue weighted by Crippen LogP contribution is -2.04. The number of aromatic nitrogens is 2. The maximum atomic E-state index is 11.5. The summed E-state index contributed by atoms with van der Waals surface area (Å²) in [7, 11) is 0. The highest BCUT2D eigenvalue weighted by molar-refractivity contribution is 5.97. The molecule has 0 saturated carbocycles. The van der Waals surface area contributed by atoms with Crippen LogP contribution in [0, 0.1) is 6.92 Å². The Bertz CT molecular complexity index is 680. The molecule has 0 aliphatic carbocycles. The van der Waals surface area contributed by atoms with E-state index in [1.54, 1.807) is 19.1 Å². The third-order valence-electron chi connectivity index (χ3n) is 2.77. The molecule has 0 aliphatic rings. The maximum Gasteiger partial charge on any atom is 0.336 e. The third kappa shape index (κ3) is 1.75. The topological polar surface area (TPSA) is 85.9 Å². The highest BCUT2D eigenvalue weighted by Crippen LogP contribution is 2.27. The van der Waals surface area contributed by atoms with Gasteiger partial charge in [0.2, 0.25) is 0 Å². The normalized spacial score (nSPS) is 10.3. The first-order valence-corrected chi connectivity index (χ1v) is 5.32. The molecular weight excluding hydrogens is 232 g/mol. The predicted octanol–water partition coefficient (Wildman–Crippen LogP) is 2.02. The molecule has 1 aromatic carbocycles. The van der Waals surface area contributed by atoms with Gasteiger partial charge in [-0.05, 0) is 18.6 Å². The molecule has 0 aliphatic heterocycles. The zero-order valence-corrected chi connectivity index (χ0v) is 9.78. The summed E-state index contributed by atoms with van der Waals surface area (Å²) in [4.78, 5) is 22.8. The van der Waals surface area contributed by atoms with E-state index in [0.717, 1.165) is 5.56 Å². The summed E-state index contributed by atoms with van der Waals surface area (Å²) in [6, 6.07) is 4.96. The number of aromatic amines is 2. The van der Waals surface area contributed by atoms with Crippen LogP contribution in [-0.4, -0.2) is 21.3 Å². The van der Waals surface area contributed by atoms with Crippen molar-refractivity contribution < 1.29 is 9.90 Å². The molecule has 1 aromatic heterocycles. The summed E-state index contributed by atoms with van der Waals surface area (Å²) in [6.07, 6.45) is 1.41. The van der Waals surface area contributed by atoms with E-state index in [2.05, 4.69) is 16.8 Å². The third-order valence-corrected chi connectivity index (χ3v) is 2.77. The van der Waals surface area contributed by atoms with Gasteiger partial charge in [0, 0.05) is 5.56 Å². The van der Waals surface area contributed by atoms with E-state index < -0.39 is 5.97 Å². The van der Waals surface area contributed by atoms with E-state index in [-0.39, 0.29) is 11.1 Å². The van der Waals surface area contributed by atoms with Crippen LogP contribution in [-0.2, 0) is 0 Å². The Hall–Kier alpha value is -2.56. The summed E-state index contributed by atoms with van der Waals surface area (Å²) in [6.45, 7) is 5.36. The standard InChI is InChI=1S/C13H12N2O3/c1-3-8-11(14-15-12(8)16)10-7(2)5-4-6-9(10)13(17)18/h3-6H,1H2,2H3,(H,17,18)(H2,14,15,16). The van der Waals surface area contributed by atoms with Crippen molar-refractivity contribution in [3.8, 4) is 11.3 Å². The Morgan fingerprint density at radius 3 is 2.72 bits per heavy atom. The molecule has 0 unspecified atom stereocenters. The molecule has 1 heterocycles. The number of nitrogens with one attached hydrogen (secondary N) is 2. The Balaban J connectivity index is 2.82. The lowest BCUT2D eigenvalue weighted by Gasteiger charge is -2.08. The molecule has 92 valence electrons. The molecule has 5 heteroatoms. The smallest absolute Gasteiger partial charge is 0.336 e. The van der Waals surface area contributed by atoms with Gasteiger partial charge in [-0.1, -0.05) is 24.8 Å². The first-order chi connectivity index (χ1) is 8.56. The second-order valence-electron chi connectivity index (χ2n) is 3.87. The van der Waals surface area contributed by atoms with Gasteiger partial charge in [0.1, 0.15) is 0 Å². The van der Waals surface area contributed by atoms with Crippen LogP contribution < -0.4 is 5.56 Å². The molecule has 0 amide bonds. The molecule has 0 radical (unpaired) electrons. The minimum absolute atomic E-state index is 0.147. The Morgan fingerprint density at radius 2 is 2.11 bits per heavy atom. The molecule has 0 fully saturated rings. The summed E-state index contributed by atoms with van der Waals surface area (Å²) in [5.74, 6) is -1.04. The van der Waals surface area contributed by atoms with Crippen LogP contribution in [0.4, 0.5) is 0 Å². The van der Waals surface area contributed by atoms with Gasteiger partial charge in [0.05, 0.1) is 16.8 Å². The monoisotopic (exact) mass is 244 g/mol. The molecule has 0 atom stereocenters. The quantitative estimate of drug-likeness (QED) is 0.772. The number of carboxylic acids is 1. The molecule has 2 rings (SSSR count). The number of aryl methyl sites for hydroxylation is 1. The van der Waals surface area contributed by atoms with Crippen LogP contribution >= 0.6 is 0 Å². The van der Waals surface area contributed by atoms with Crippen LogP contribution in [0.5, 0.6) is 0 Å². The van der Waals surface area contributed by atoms with E-state index in [0.29, 0.717) is 16.8 Å². The van der Waals surface area contributed by atoms with Gasteiger partial charge in [-0.3, -0.25) is 15.0 Å². The Morgan fingerprint density at radius 1 is 1.39 bits per heavy atom. The number of hydrogen-bond acceptors (Lipinski definition) is 2. The molecule has 0 spiro atoms. The van der Waals surface area contributed by atoms with Crippen molar-refractivity contribution in [2.24, 2.45) is 0 Å². The van der Waals surface area contributed by atoms with Crippen molar-refractivity contribution in [3.63, 3.8) is 0 Å². The highest BCUT2D eigenvalue weighted by Gasteiger charge is 2.18. The van der Waals surface area contributed by atoms with Crippen molar-refractivity contribution in [1.82, 2.24) is 10.2 Å². The van der Waals surface area contributed by atoms with E-state index in [9.17, 15) is 14.7 Å². The van der Waals surface area contributed by atoms with Gasteiger partial charge < -0.3 is 5.11 Å². The zero-order chi connectivity index (χ0) is 13.3. The number of aromatic carboxylic acids is 1. The average Bonchev–Trinajstić information content (AvgIpc) is 2.69. The van der Waals surface area contributed by atoms with Crippen LogP contribution in [0.15, 0.2) is 29.6 Å². The lowest BCUT2D eigenvalue weighted by molar-refractivity contribution is 0.0697. The van der Waals surface area contributed by atoms with E-state index >= 15 is 0 Å². The van der Waals surface area contributed by atoms with Gasteiger partial charge in [-0.2, -0.15) is 0 Å². The van der Waals surface area contributed by atoms with Crippen molar-refractivity contribution in [2.75, 3.05) is 0 Å². The minimum atomic E-state index is -1.04. The molecule has 0 saturated heterocycles. The summed E-state index contributed by atoms with van der Waals surface area (Å²) < 4.78 is 0. The predicted molar refractivity (Wildman–Crippen MR) is 68.6 cm³/mol. The molecular formula is C13H12N2O3. The van der Waals surface area contributed by atoms with Gasteiger partial charge in [-0.15, -0.1) is 0 Å². The average molecular weight is 244 g/mol. The number of carbonyl (C=O) groups is 1. The van der Waals surface area contributed by atoms with E-state index in [4.69, 9.17) is 0 Å². The summed E-state index contributed by atoms with van der Waals surface area (Å²) in [5, 5.41) is 14.3. The SMILES string of the molecule is C=Cc1c(-c2c(C)cccc2C(=O)O)[nH][nH]c1=O. The lowest BCUT2D eigenvalue weighted by atomic mass is 9.97. The fourth-order valence-electron chi connectivity index (χ4n) is 1.94. The molecule has 18 heavy (non-hydrogen) atoms. The second kappa shape index (κ2) is 4.37. The van der Waals surface area contributed by atoms with Crippen molar-refractivity contribution in [2.45, 2.75) is 6.92 Å². The van der Waals surface area contributed by atoms with Gasteiger partial charge in [0.15, 0.2) is 0 Å². The summed E-state index contributed by atoms with van der Waals surface area (Å²) >= 11 is 0. The first kappa shape index (κ1) is 11.9. The first-order valence-electron chi connectivity index (χ1n) is 5.32. The fraction of sp³-hybridized carbons (Fsp3) is 0.0769. The second-order valence-corrected chi connectivity index (χ2v) is 3.87. The largest absolute Gasteiger partial charge is 0.478 e. The van der Waals surface area contributed by atoms with Crippen LogP contribution in [0.1, 0.15) is 21.5 Å². The molecule has 0 bridgehead atoms. The Labute approximate surface area is 103 Å². The van der Waals surface area contributed by atoms with Crippen LogP contribution in [0.2, 0.25) is 0 Å². The maximum absolute atomic E-state index is 11.5. The van der Waals surface area contributed by atoms with E-state index in [1.807, 2.05) is 0 Å². The van der Waals surface area contributed by atoms with Crippen molar-refractivity contribution >= 4 is 12.0 Å². The van der Waals surface area contributed by atoms with Crippen LogP contribution in [0.3, 0.4) is 0 Å². The highest BCUT2D eigenvalue weighted by atomic mass is 16.4. The molecule has 5 nitrogen and oxygen atoms in total. The Kier molecular flexibility index (Phi) is 2.89. The van der Waals surface area contributed by atoms with Gasteiger partial charge >= 0.3 is 5.97 Å². The molecule has 2 aromatic rings. The fourth-order valence-corrected chi connectivity index (χ4v) is 1.94.